The molecule has 0 radical (unpaired) electrons. The first-order chi connectivity index (χ1) is 6.41. The summed E-state index contributed by atoms with van der Waals surface area (Å²) in [5.41, 5.74) is 0.472. The average molecular weight is 326 g/mol. The van der Waals surface area contributed by atoms with Crippen molar-refractivity contribution in [3.63, 3.8) is 0 Å². The van der Waals surface area contributed by atoms with Gasteiger partial charge in [0, 0.05) is 5.57 Å². The fourth-order valence-electron chi connectivity index (χ4n) is 1.38. The molecular formula is C10H14Br2O2. The first-order valence-electron chi connectivity index (χ1n) is 4.65. The summed E-state index contributed by atoms with van der Waals surface area (Å²) in [6.07, 6.45) is 3.80. The summed E-state index contributed by atoms with van der Waals surface area (Å²) in [6.45, 7) is 5.23. The largest absolute Gasteiger partial charge is 0.459 e. The average Bonchev–Trinajstić information content (AvgIpc) is 2.08. The molecule has 0 spiro atoms. The molecule has 1 aliphatic rings. The highest BCUT2D eigenvalue weighted by molar-refractivity contribution is 9.25. The molecule has 0 atom stereocenters. The van der Waals surface area contributed by atoms with E-state index in [-0.39, 0.29) is 15.3 Å². The molecule has 1 fully saturated rings. The van der Waals surface area contributed by atoms with Crippen LogP contribution in [0.1, 0.15) is 32.6 Å². The van der Waals surface area contributed by atoms with Crippen molar-refractivity contribution in [2.24, 2.45) is 0 Å². The Morgan fingerprint density at radius 1 is 1.43 bits per heavy atom. The third-order valence-corrected chi connectivity index (χ3v) is 3.87. The van der Waals surface area contributed by atoms with E-state index >= 15 is 0 Å². The Hall–Kier alpha value is 0.170. The van der Waals surface area contributed by atoms with Crippen LogP contribution in [0.5, 0.6) is 0 Å². The number of hydrogen-bond donors (Lipinski definition) is 0. The Bertz CT molecular complexity index is 239. The predicted octanol–water partition coefficient (Wildman–Crippen LogP) is 3.53. The number of esters is 1. The molecule has 0 amide bonds. The fraction of sp³-hybridized carbons (Fsp3) is 0.700. The van der Waals surface area contributed by atoms with Gasteiger partial charge in [-0.3, -0.25) is 0 Å². The predicted molar refractivity (Wildman–Crippen MR) is 63.7 cm³/mol. The molecule has 4 heteroatoms. The van der Waals surface area contributed by atoms with Gasteiger partial charge in [0.1, 0.15) is 6.10 Å². The van der Waals surface area contributed by atoms with Gasteiger partial charge in [0.25, 0.3) is 0 Å². The summed E-state index contributed by atoms with van der Waals surface area (Å²) in [5.74, 6) is -0.272. The molecular weight excluding hydrogens is 312 g/mol. The Balaban J connectivity index is 2.36. The van der Waals surface area contributed by atoms with E-state index in [1.54, 1.807) is 6.92 Å². The third kappa shape index (κ3) is 3.73. The quantitative estimate of drug-likeness (QED) is 0.441. The Morgan fingerprint density at radius 3 is 2.36 bits per heavy atom. The van der Waals surface area contributed by atoms with Crippen LogP contribution in [0.3, 0.4) is 0 Å². The number of carbonyl (C=O) groups is 1. The minimum atomic E-state index is -0.272. The van der Waals surface area contributed by atoms with Gasteiger partial charge in [-0.05, 0) is 32.6 Å². The summed E-state index contributed by atoms with van der Waals surface area (Å²) < 4.78 is 5.31. The molecule has 2 nitrogen and oxygen atoms in total. The summed E-state index contributed by atoms with van der Waals surface area (Å²) in [4.78, 5) is 11.2. The van der Waals surface area contributed by atoms with Crippen molar-refractivity contribution in [1.29, 1.82) is 0 Å². The number of hydrogen-bond acceptors (Lipinski definition) is 2. The van der Waals surface area contributed by atoms with Gasteiger partial charge in [0.2, 0.25) is 0 Å². The summed E-state index contributed by atoms with van der Waals surface area (Å²) in [7, 11) is 0. The van der Waals surface area contributed by atoms with Gasteiger partial charge in [-0.25, -0.2) is 4.79 Å². The molecule has 14 heavy (non-hydrogen) atoms. The zero-order valence-corrected chi connectivity index (χ0v) is 11.4. The molecule has 0 aliphatic heterocycles. The smallest absolute Gasteiger partial charge is 0.333 e. The van der Waals surface area contributed by atoms with Crippen LogP contribution >= 0.6 is 31.9 Å². The maximum Gasteiger partial charge on any atom is 0.333 e. The van der Waals surface area contributed by atoms with Crippen molar-refractivity contribution in [3.8, 4) is 0 Å². The number of ether oxygens (including phenoxy) is 1. The van der Waals surface area contributed by atoms with E-state index in [9.17, 15) is 4.79 Å². The summed E-state index contributed by atoms with van der Waals surface area (Å²) >= 11 is 7.15. The Morgan fingerprint density at radius 2 is 1.93 bits per heavy atom. The van der Waals surface area contributed by atoms with Crippen molar-refractivity contribution in [3.05, 3.63) is 12.2 Å². The van der Waals surface area contributed by atoms with Crippen LogP contribution in [0.15, 0.2) is 12.2 Å². The highest BCUT2D eigenvalue weighted by Crippen LogP contribution is 2.41. The van der Waals surface area contributed by atoms with Crippen LogP contribution < -0.4 is 0 Å². The van der Waals surface area contributed by atoms with Crippen LogP contribution in [0.25, 0.3) is 0 Å². The van der Waals surface area contributed by atoms with Crippen LogP contribution in [0, 0.1) is 0 Å². The van der Waals surface area contributed by atoms with E-state index in [4.69, 9.17) is 4.74 Å². The molecule has 80 valence electrons. The summed E-state index contributed by atoms with van der Waals surface area (Å²) in [5, 5.41) is 0. The molecule has 0 aromatic rings. The van der Waals surface area contributed by atoms with E-state index in [1.807, 2.05) is 0 Å². The van der Waals surface area contributed by atoms with Gasteiger partial charge in [0.15, 0.2) is 0 Å². The SMILES string of the molecule is C=C(C)C(=O)OC1CCC(Br)(Br)CC1. The van der Waals surface area contributed by atoms with E-state index in [0.29, 0.717) is 5.57 Å². The van der Waals surface area contributed by atoms with Gasteiger partial charge < -0.3 is 4.74 Å². The van der Waals surface area contributed by atoms with Crippen molar-refractivity contribution in [2.45, 2.75) is 41.9 Å². The highest BCUT2D eigenvalue weighted by Gasteiger charge is 2.31. The minimum absolute atomic E-state index is 0.0477. The second-order valence-electron chi connectivity index (χ2n) is 3.74. The normalized spacial score (nSPS) is 21.6. The van der Waals surface area contributed by atoms with E-state index in [2.05, 4.69) is 38.4 Å². The Labute approximate surface area is 101 Å². The second kappa shape index (κ2) is 4.79. The van der Waals surface area contributed by atoms with Crippen LogP contribution in [-0.2, 0) is 9.53 Å². The monoisotopic (exact) mass is 324 g/mol. The molecule has 0 saturated heterocycles. The van der Waals surface area contributed by atoms with Gasteiger partial charge in [0.05, 0.1) is 3.23 Å². The lowest BCUT2D eigenvalue weighted by Gasteiger charge is -2.30. The van der Waals surface area contributed by atoms with Gasteiger partial charge >= 0.3 is 5.97 Å². The lowest BCUT2D eigenvalue weighted by molar-refractivity contribution is -0.145. The van der Waals surface area contributed by atoms with Crippen LogP contribution in [0.4, 0.5) is 0 Å². The van der Waals surface area contributed by atoms with Crippen molar-refractivity contribution in [1.82, 2.24) is 0 Å². The van der Waals surface area contributed by atoms with Gasteiger partial charge in [-0.2, -0.15) is 0 Å². The Kier molecular flexibility index (Phi) is 4.19. The molecule has 0 bridgehead atoms. The minimum Gasteiger partial charge on any atom is -0.459 e. The molecule has 0 heterocycles. The standard InChI is InChI=1S/C10H14Br2O2/c1-7(2)9(13)14-8-3-5-10(11,12)6-4-8/h8H,1,3-6H2,2H3. The number of halogens is 2. The molecule has 0 aromatic carbocycles. The molecule has 0 N–H and O–H groups in total. The first-order valence-corrected chi connectivity index (χ1v) is 6.24. The first kappa shape index (κ1) is 12.2. The number of rotatable bonds is 2. The van der Waals surface area contributed by atoms with Crippen molar-refractivity contribution in [2.75, 3.05) is 0 Å². The summed E-state index contributed by atoms with van der Waals surface area (Å²) in [6, 6.07) is 0. The van der Waals surface area contributed by atoms with E-state index in [1.165, 1.54) is 0 Å². The lowest BCUT2D eigenvalue weighted by atomic mass is 9.97. The maximum absolute atomic E-state index is 11.2. The second-order valence-corrected chi connectivity index (χ2v) is 7.84. The topological polar surface area (TPSA) is 26.3 Å². The van der Waals surface area contributed by atoms with Crippen LogP contribution in [-0.4, -0.2) is 15.3 Å². The third-order valence-electron chi connectivity index (χ3n) is 2.29. The molecule has 1 rings (SSSR count). The van der Waals surface area contributed by atoms with E-state index in [0.717, 1.165) is 25.7 Å². The van der Waals surface area contributed by atoms with Gasteiger partial charge in [-0.1, -0.05) is 38.4 Å². The van der Waals surface area contributed by atoms with E-state index < -0.39 is 0 Å². The maximum atomic E-state index is 11.2. The fourth-order valence-corrected chi connectivity index (χ4v) is 2.30. The zero-order chi connectivity index (χ0) is 10.8. The van der Waals surface area contributed by atoms with Gasteiger partial charge in [-0.15, -0.1) is 0 Å². The highest BCUT2D eigenvalue weighted by atomic mass is 79.9. The number of carbonyl (C=O) groups excluding carboxylic acids is 1. The van der Waals surface area contributed by atoms with Crippen molar-refractivity contribution >= 4 is 37.8 Å². The molecule has 1 saturated carbocycles. The number of alkyl halides is 2. The van der Waals surface area contributed by atoms with Crippen LogP contribution in [0.2, 0.25) is 0 Å². The molecule has 1 aliphatic carbocycles. The van der Waals surface area contributed by atoms with Crippen molar-refractivity contribution < 1.29 is 9.53 Å². The lowest BCUT2D eigenvalue weighted by Crippen LogP contribution is -2.28. The molecule has 0 aromatic heterocycles. The molecule has 0 unspecified atom stereocenters. The zero-order valence-electron chi connectivity index (χ0n) is 8.19.